The molecule has 3 amide bonds. The number of nitrogens with zero attached hydrogens (tertiary/aromatic N) is 1. The van der Waals surface area contributed by atoms with Crippen LogP contribution in [-0.2, 0) is 4.74 Å². The first kappa shape index (κ1) is 12.6. The third-order valence-corrected chi connectivity index (χ3v) is 2.56. The maximum Gasteiger partial charge on any atom is 0.404 e. The Kier molecular flexibility index (Phi) is 4.36. The molecule has 0 bridgehead atoms. The van der Waals surface area contributed by atoms with E-state index in [0.717, 1.165) is 0 Å². The summed E-state index contributed by atoms with van der Waals surface area (Å²) in [7, 11) is 0. The third-order valence-electron chi connectivity index (χ3n) is 2.56. The van der Waals surface area contributed by atoms with Gasteiger partial charge < -0.3 is 25.8 Å². The Labute approximate surface area is 93.5 Å². The van der Waals surface area contributed by atoms with Gasteiger partial charge in [0.2, 0.25) is 0 Å². The summed E-state index contributed by atoms with van der Waals surface area (Å²) in [6, 6.07) is -0.786. The Morgan fingerprint density at radius 3 is 2.81 bits per heavy atom. The van der Waals surface area contributed by atoms with Crippen molar-refractivity contribution in [3.63, 3.8) is 0 Å². The normalized spacial score (nSPS) is 25.2. The highest BCUT2D eigenvalue weighted by molar-refractivity contribution is 5.72. The lowest BCUT2D eigenvalue weighted by atomic mass is 10.0. The van der Waals surface area contributed by atoms with E-state index in [-0.39, 0.29) is 12.1 Å². The Morgan fingerprint density at radius 1 is 1.62 bits per heavy atom. The third kappa shape index (κ3) is 3.27. The number of nitrogens with one attached hydrogen (secondary N) is 1. The number of urea groups is 1. The minimum atomic E-state index is -1.08. The van der Waals surface area contributed by atoms with Crippen molar-refractivity contribution in [1.82, 2.24) is 10.2 Å². The van der Waals surface area contributed by atoms with Crippen LogP contribution < -0.4 is 11.1 Å². The standard InChI is InChI=1S/C9H17N3O4/c1-2-16-7-5-12(8(10)13)4-3-6(7)11-9(14)15/h6-7,11H,2-5H2,1H3,(H2,10,13)(H,14,15). The number of carbonyl (C=O) groups excluding carboxylic acids is 1. The predicted molar refractivity (Wildman–Crippen MR) is 56.1 cm³/mol. The molecule has 1 fully saturated rings. The lowest BCUT2D eigenvalue weighted by Crippen LogP contribution is -2.57. The van der Waals surface area contributed by atoms with E-state index in [0.29, 0.717) is 26.1 Å². The van der Waals surface area contributed by atoms with E-state index in [1.807, 2.05) is 6.92 Å². The maximum absolute atomic E-state index is 11.0. The number of nitrogens with two attached hydrogens (primary N) is 1. The van der Waals surface area contributed by atoms with Gasteiger partial charge in [-0.2, -0.15) is 0 Å². The Balaban J connectivity index is 2.59. The van der Waals surface area contributed by atoms with Gasteiger partial charge in [-0.1, -0.05) is 0 Å². The molecule has 2 atom stereocenters. The molecule has 1 aliphatic rings. The quantitative estimate of drug-likeness (QED) is 0.626. The second kappa shape index (κ2) is 5.55. The van der Waals surface area contributed by atoms with E-state index in [9.17, 15) is 9.59 Å². The van der Waals surface area contributed by atoms with Crippen molar-refractivity contribution in [2.24, 2.45) is 5.73 Å². The summed E-state index contributed by atoms with van der Waals surface area (Å²) in [5.74, 6) is 0. The van der Waals surface area contributed by atoms with Crippen molar-refractivity contribution in [2.45, 2.75) is 25.5 Å². The maximum atomic E-state index is 11.0. The second-order valence-corrected chi connectivity index (χ2v) is 3.62. The van der Waals surface area contributed by atoms with Crippen LogP contribution in [0.3, 0.4) is 0 Å². The Hall–Kier alpha value is -1.50. The molecule has 1 heterocycles. The highest BCUT2D eigenvalue weighted by Gasteiger charge is 2.32. The lowest BCUT2D eigenvalue weighted by Gasteiger charge is -2.37. The van der Waals surface area contributed by atoms with Gasteiger partial charge in [-0.3, -0.25) is 0 Å². The molecule has 0 saturated carbocycles. The van der Waals surface area contributed by atoms with Crippen LogP contribution in [0.4, 0.5) is 9.59 Å². The molecule has 92 valence electrons. The second-order valence-electron chi connectivity index (χ2n) is 3.62. The summed E-state index contributed by atoms with van der Waals surface area (Å²) in [6.45, 7) is 3.06. The number of piperidine rings is 1. The number of hydrogen-bond donors (Lipinski definition) is 3. The van der Waals surface area contributed by atoms with Crippen LogP contribution in [0.5, 0.6) is 0 Å². The largest absolute Gasteiger partial charge is 0.465 e. The number of likely N-dealkylation sites (tertiary alicyclic amines) is 1. The zero-order valence-electron chi connectivity index (χ0n) is 9.18. The van der Waals surface area contributed by atoms with E-state index in [2.05, 4.69) is 5.32 Å². The first-order chi connectivity index (χ1) is 7.54. The molecule has 7 heteroatoms. The van der Waals surface area contributed by atoms with Gasteiger partial charge in [0.25, 0.3) is 0 Å². The molecular weight excluding hydrogens is 214 g/mol. The van der Waals surface area contributed by atoms with Crippen molar-refractivity contribution in [1.29, 1.82) is 0 Å². The van der Waals surface area contributed by atoms with Gasteiger partial charge in [-0.05, 0) is 13.3 Å². The summed E-state index contributed by atoms with van der Waals surface area (Å²) in [6.07, 6.45) is -0.899. The van der Waals surface area contributed by atoms with Crippen LogP contribution in [0, 0.1) is 0 Å². The van der Waals surface area contributed by atoms with Crippen LogP contribution in [0.1, 0.15) is 13.3 Å². The SMILES string of the molecule is CCOC1CN(C(N)=O)CCC1NC(=O)O. The summed E-state index contributed by atoms with van der Waals surface area (Å²) < 4.78 is 5.40. The van der Waals surface area contributed by atoms with Gasteiger partial charge in [-0.15, -0.1) is 0 Å². The number of primary amides is 1. The number of carbonyl (C=O) groups is 2. The number of carboxylic acid groups (broad SMARTS) is 1. The molecule has 0 aliphatic carbocycles. The van der Waals surface area contributed by atoms with Gasteiger partial charge in [0.05, 0.1) is 18.7 Å². The molecular formula is C9H17N3O4. The number of ether oxygens (including phenoxy) is 1. The topological polar surface area (TPSA) is 105 Å². The molecule has 0 aromatic heterocycles. The molecule has 1 rings (SSSR count). The highest BCUT2D eigenvalue weighted by atomic mass is 16.5. The Bertz CT molecular complexity index is 271. The van der Waals surface area contributed by atoms with Crippen LogP contribution >= 0.6 is 0 Å². The first-order valence-electron chi connectivity index (χ1n) is 5.20. The van der Waals surface area contributed by atoms with Gasteiger partial charge in [0.1, 0.15) is 0 Å². The fourth-order valence-electron chi connectivity index (χ4n) is 1.82. The van der Waals surface area contributed by atoms with E-state index in [4.69, 9.17) is 15.6 Å². The molecule has 2 unspecified atom stereocenters. The molecule has 0 aromatic rings. The minimum absolute atomic E-state index is 0.284. The highest BCUT2D eigenvalue weighted by Crippen LogP contribution is 2.14. The van der Waals surface area contributed by atoms with E-state index in [1.54, 1.807) is 0 Å². The average Bonchev–Trinajstić information content (AvgIpc) is 2.20. The Morgan fingerprint density at radius 2 is 2.31 bits per heavy atom. The van der Waals surface area contributed by atoms with Gasteiger partial charge >= 0.3 is 12.1 Å². The number of amides is 3. The summed E-state index contributed by atoms with van der Waals surface area (Å²) in [5.41, 5.74) is 5.17. The fraction of sp³-hybridized carbons (Fsp3) is 0.778. The van der Waals surface area contributed by atoms with E-state index < -0.39 is 12.1 Å². The zero-order valence-corrected chi connectivity index (χ0v) is 9.18. The summed E-state index contributed by atoms with van der Waals surface area (Å²) in [5, 5.41) is 11.0. The smallest absolute Gasteiger partial charge is 0.404 e. The molecule has 1 saturated heterocycles. The monoisotopic (exact) mass is 231 g/mol. The average molecular weight is 231 g/mol. The van der Waals surface area contributed by atoms with Crippen LogP contribution in [0.2, 0.25) is 0 Å². The first-order valence-corrected chi connectivity index (χ1v) is 5.20. The zero-order chi connectivity index (χ0) is 12.1. The summed E-state index contributed by atoms with van der Waals surface area (Å²) >= 11 is 0. The number of rotatable bonds is 3. The molecule has 0 spiro atoms. The predicted octanol–water partition coefficient (Wildman–Crippen LogP) is -0.188. The molecule has 1 aliphatic heterocycles. The molecule has 0 radical (unpaired) electrons. The molecule has 16 heavy (non-hydrogen) atoms. The van der Waals surface area contributed by atoms with Crippen molar-refractivity contribution in [2.75, 3.05) is 19.7 Å². The number of hydrogen-bond acceptors (Lipinski definition) is 3. The fourth-order valence-corrected chi connectivity index (χ4v) is 1.82. The van der Waals surface area contributed by atoms with Gasteiger partial charge in [0, 0.05) is 13.2 Å². The van der Waals surface area contributed by atoms with Crippen molar-refractivity contribution in [3.8, 4) is 0 Å². The summed E-state index contributed by atoms with van der Waals surface area (Å²) in [4.78, 5) is 23.0. The van der Waals surface area contributed by atoms with Crippen LogP contribution in [0.25, 0.3) is 0 Å². The van der Waals surface area contributed by atoms with E-state index in [1.165, 1.54) is 4.90 Å². The lowest BCUT2D eigenvalue weighted by molar-refractivity contribution is -0.00430. The molecule has 7 nitrogen and oxygen atoms in total. The van der Waals surface area contributed by atoms with Crippen molar-refractivity contribution in [3.05, 3.63) is 0 Å². The van der Waals surface area contributed by atoms with Crippen molar-refractivity contribution >= 4 is 12.1 Å². The van der Waals surface area contributed by atoms with Crippen LogP contribution in [0.15, 0.2) is 0 Å². The molecule has 0 aromatic carbocycles. The van der Waals surface area contributed by atoms with Gasteiger partial charge in [-0.25, -0.2) is 9.59 Å². The van der Waals surface area contributed by atoms with Gasteiger partial charge in [0.15, 0.2) is 0 Å². The minimum Gasteiger partial charge on any atom is -0.465 e. The van der Waals surface area contributed by atoms with Crippen LogP contribution in [-0.4, -0.2) is 54.0 Å². The molecule has 4 N–H and O–H groups in total. The van der Waals surface area contributed by atoms with Crippen molar-refractivity contribution < 1.29 is 19.4 Å². The van der Waals surface area contributed by atoms with E-state index >= 15 is 0 Å².